The lowest BCUT2D eigenvalue weighted by Crippen LogP contribution is -1.90. The Morgan fingerprint density at radius 3 is 2.79 bits per heavy atom. The molecular formula is C11H9N3. The molecule has 0 aliphatic carbocycles. The Morgan fingerprint density at radius 1 is 1.00 bits per heavy atom. The summed E-state index contributed by atoms with van der Waals surface area (Å²) in [6, 6.07) is 12.3. The molecule has 3 rings (SSSR count). The van der Waals surface area contributed by atoms with Crippen LogP contribution in [0.15, 0.2) is 36.4 Å². The van der Waals surface area contributed by atoms with Crippen molar-refractivity contribution in [3.8, 4) is 0 Å². The normalized spacial score (nSPS) is 11.2. The average molecular weight is 183 g/mol. The standard InChI is InChI=1S/C11H9N3/c1-14-12-10-7-6-8-4-2-3-5-9(8)11(10)13-14/h2-7H,1H3. The summed E-state index contributed by atoms with van der Waals surface area (Å²) < 4.78 is 0. The number of aryl methyl sites for hydroxylation is 1. The summed E-state index contributed by atoms with van der Waals surface area (Å²) in [7, 11) is 1.84. The molecule has 3 aromatic rings. The van der Waals surface area contributed by atoms with E-state index in [0.717, 1.165) is 16.4 Å². The van der Waals surface area contributed by atoms with Gasteiger partial charge < -0.3 is 0 Å². The van der Waals surface area contributed by atoms with Crippen LogP contribution in [0, 0.1) is 0 Å². The Morgan fingerprint density at radius 2 is 1.86 bits per heavy atom. The fourth-order valence-corrected chi connectivity index (χ4v) is 1.75. The Balaban J connectivity index is 2.60. The maximum Gasteiger partial charge on any atom is 0.121 e. The van der Waals surface area contributed by atoms with Crippen LogP contribution in [0.1, 0.15) is 0 Å². The summed E-state index contributed by atoms with van der Waals surface area (Å²) in [5.74, 6) is 0. The summed E-state index contributed by atoms with van der Waals surface area (Å²) in [6.45, 7) is 0. The first-order valence-electron chi connectivity index (χ1n) is 4.53. The second-order valence-electron chi connectivity index (χ2n) is 3.34. The maximum atomic E-state index is 4.35. The minimum absolute atomic E-state index is 0.950. The van der Waals surface area contributed by atoms with Crippen LogP contribution in [0.2, 0.25) is 0 Å². The number of hydrogen-bond donors (Lipinski definition) is 0. The molecule has 1 heterocycles. The minimum Gasteiger partial charge on any atom is -0.187 e. The van der Waals surface area contributed by atoms with Gasteiger partial charge in [0.15, 0.2) is 0 Å². The first-order valence-corrected chi connectivity index (χ1v) is 4.53. The van der Waals surface area contributed by atoms with Crippen LogP contribution in [0.4, 0.5) is 0 Å². The molecule has 0 aliphatic rings. The van der Waals surface area contributed by atoms with E-state index in [2.05, 4.69) is 28.4 Å². The van der Waals surface area contributed by atoms with Crippen LogP contribution in [0.25, 0.3) is 21.8 Å². The van der Waals surface area contributed by atoms with Crippen molar-refractivity contribution in [3.63, 3.8) is 0 Å². The van der Waals surface area contributed by atoms with Crippen LogP contribution in [0.3, 0.4) is 0 Å². The van der Waals surface area contributed by atoms with Crippen LogP contribution in [0.5, 0.6) is 0 Å². The van der Waals surface area contributed by atoms with Gasteiger partial charge in [-0.25, -0.2) is 0 Å². The third kappa shape index (κ3) is 0.923. The summed E-state index contributed by atoms with van der Waals surface area (Å²) in [5.41, 5.74) is 1.93. The maximum absolute atomic E-state index is 4.35. The van der Waals surface area contributed by atoms with E-state index < -0.39 is 0 Å². The molecule has 0 amide bonds. The van der Waals surface area contributed by atoms with Crippen LogP contribution < -0.4 is 0 Å². The zero-order valence-electron chi connectivity index (χ0n) is 7.81. The molecule has 0 radical (unpaired) electrons. The molecule has 3 nitrogen and oxygen atoms in total. The molecular weight excluding hydrogens is 174 g/mol. The molecule has 0 fully saturated rings. The van der Waals surface area contributed by atoms with Gasteiger partial charge in [0, 0.05) is 12.4 Å². The monoisotopic (exact) mass is 183 g/mol. The summed E-state index contributed by atoms with van der Waals surface area (Å²) in [5, 5.41) is 11.0. The quantitative estimate of drug-likeness (QED) is 0.534. The van der Waals surface area contributed by atoms with E-state index in [4.69, 9.17) is 0 Å². The first-order chi connectivity index (χ1) is 6.84. The van der Waals surface area contributed by atoms with Crippen LogP contribution in [-0.2, 0) is 7.05 Å². The van der Waals surface area contributed by atoms with Crippen molar-refractivity contribution in [1.29, 1.82) is 0 Å². The second-order valence-corrected chi connectivity index (χ2v) is 3.34. The Labute approximate surface area is 81.0 Å². The van der Waals surface area contributed by atoms with E-state index in [1.807, 2.05) is 25.2 Å². The van der Waals surface area contributed by atoms with Gasteiger partial charge in [0.2, 0.25) is 0 Å². The number of hydrogen-bond acceptors (Lipinski definition) is 2. The van der Waals surface area contributed by atoms with Gasteiger partial charge in [0.25, 0.3) is 0 Å². The lowest BCUT2D eigenvalue weighted by atomic mass is 10.1. The van der Waals surface area contributed by atoms with E-state index in [1.54, 1.807) is 4.80 Å². The number of nitrogens with zero attached hydrogens (tertiary/aromatic N) is 3. The smallest absolute Gasteiger partial charge is 0.121 e. The van der Waals surface area contributed by atoms with Gasteiger partial charge in [0.05, 0.1) is 0 Å². The van der Waals surface area contributed by atoms with Gasteiger partial charge in [-0.15, -0.1) is 0 Å². The van der Waals surface area contributed by atoms with Crippen molar-refractivity contribution < 1.29 is 0 Å². The topological polar surface area (TPSA) is 30.7 Å². The summed E-state index contributed by atoms with van der Waals surface area (Å²) in [6.07, 6.45) is 0. The molecule has 3 heteroatoms. The third-order valence-electron chi connectivity index (χ3n) is 2.38. The molecule has 2 aromatic carbocycles. The van der Waals surface area contributed by atoms with Gasteiger partial charge in [-0.3, -0.25) is 0 Å². The first kappa shape index (κ1) is 7.50. The van der Waals surface area contributed by atoms with Gasteiger partial charge in [0.1, 0.15) is 11.0 Å². The van der Waals surface area contributed by atoms with Crippen molar-refractivity contribution >= 4 is 21.8 Å². The van der Waals surface area contributed by atoms with Crippen LogP contribution >= 0.6 is 0 Å². The SMILES string of the molecule is Cn1nc2ccc3ccccc3c2n1. The highest BCUT2D eigenvalue weighted by atomic mass is 15.4. The number of rotatable bonds is 0. The minimum atomic E-state index is 0.950. The van der Waals surface area contributed by atoms with Crippen molar-refractivity contribution in [2.24, 2.45) is 7.05 Å². The van der Waals surface area contributed by atoms with E-state index in [0.29, 0.717) is 0 Å². The molecule has 0 spiro atoms. The predicted molar refractivity (Wildman–Crippen MR) is 56.0 cm³/mol. The molecule has 0 unspecified atom stereocenters. The largest absolute Gasteiger partial charge is 0.187 e. The van der Waals surface area contributed by atoms with Gasteiger partial charge in [-0.1, -0.05) is 30.3 Å². The zero-order valence-corrected chi connectivity index (χ0v) is 7.81. The van der Waals surface area contributed by atoms with E-state index >= 15 is 0 Å². The molecule has 0 aliphatic heterocycles. The highest BCUT2D eigenvalue weighted by Crippen LogP contribution is 2.21. The highest BCUT2D eigenvalue weighted by molar-refractivity contribution is 6.03. The lowest BCUT2D eigenvalue weighted by molar-refractivity contribution is 0.665. The lowest BCUT2D eigenvalue weighted by Gasteiger charge is -1.95. The number of benzene rings is 2. The van der Waals surface area contributed by atoms with Crippen LogP contribution in [-0.4, -0.2) is 15.0 Å². The van der Waals surface area contributed by atoms with Gasteiger partial charge in [-0.05, 0) is 11.5 Å². The van der Waals surface area contributed by atoms with Gasteiger partial charge in [-0.2, -0.15) is 15.0 Å². The van der Waals surface area contributed by atoms with E-state index in [-0.39, 0.29) is 0 Å². The molecule has 1 aromatic heterocycles. The highest BCUT2D eigenvalue weighted by Gasteiger charge is 2.03. The Bertz CT molecular complexity index is 610. The summed E-state index contributed by atoms with van der Waals surface area (Å²) in [4.78, 5) is 1.61. The van der Waals surface area contributed by atoms with Crippen molar-refractivity contribution in [2.45, 2.75) is 0 Å². The third-order valence-corrected chi connectivity index (χ3v) is 2.38. The van der Waals surface area contributed by atoms with E-state index in [9.17, 15) is 0 Å². The number of fused-ring (bicyclic) bond motifs is 3. The second kappa shape index (κ2) is 2.54. The van der Waals surface area contributed by atoms with Crippen molar-refractivity contribution in [1.82, 2.24) is 15.0 Å². The molecule has 0 atom stereocenters. The Hall–Kier alpha value is -1.90. The molecule has 0 saturated carbocycles. The molecule has 68 valence electrons. The average Bonchev–Trinajstić information content (AvgIpc) is 2.59. The summed E-state index contributed by atoms with van der Waals surface area (Å²) >= 11 is 0. The molecule has 14 heavy (non-hydrogen) atoms. The van der Waals surface area contributed by atoms with Crippen molar-refractivity contribution in [3.05, 3.63) is 36.4 Å². The van der Waals surface area contributed by atoms with Crippen molar-refractivity contribution in [2.75, 3.05) is 0 Å². The van der Waals surface area contributed by atoms with E-state index in [1.165, 1.54) is 5.39 Å². The molecule has 0 bridgehead atoms. The Kier molecular flexibility index (Phi) is 1.36. The predicted octanol–water partition coefficient (Wildman–Crippen LogP) is 2.12. The fraction of sp³-hybridized carbons (Fsp3) is 0.0909. The molecule has 0 saturated heterocycles. The zero-order chi connectivity index (χ0) is 9.54. The molecule has 0 N–H and O–H groups in total. The van der Waals surface area contributed by atoms with Gasteiger partial charge >= 0.3 is 0 Å². The number of aromatic nitrogens is 3. The fourth-order valence-electron chi connectivity index (χ4n) is 1.75.